The van der Waals surface area contributed by atoms with Crippen LogP contribution in [0.1, 0.15) is 30.6 Å². The second-order valence-electron chi connectivity index (χ2n) is 4.79. The predicted octanol–water partition coefficient (Wildman–Crippen LogP) is 3.74. The quantitative estimate of drug-likeness (QED) is 0.816. The third-order valence-electron chi connectivity index (χ3n) is 3.36. The van der Waals surface area contributed by atoms with E-state index in [0.29, 0.717) is 23.7 Å². The van der Waals surface area contributed by atoms with Gasteiger partial charge < -0.3 is 9.64 Å². The van der Waals surface area contributed by atoms with Crippen molar-refractivity contribution in [3.63, 3.8) is 0 Å². The summed E-state index contributed by atoms with van der Waals surface area (Å²) >= 11 is 9.32. The molecule has 2 rings (SSSR count). The molecule has 1 aliphatic rings. The van der Waals surface area contributed by atoms with Crippen molar-refractivity contribution in [2.24, 2.45) is 0 Å². The zero-order valence-electron chi connectivity index (χ0n) is 11.0. The number of nitrogens with zero attached hydrogens (tertiary/aromatic N) is 1. The fourth-order valence-corrected chi connectivity index (χ4v) is 3.10. The summed E-state index contributed by atoms with van der Waals surface area (Å²) in [7, 11) is 0. The summed E-state index contributed by atoms with van der Waals surface area (Å²) in [5.74, 6) is 0.0329. The third-order valence-corrected chi connectivity index (χ3v) is 4.25. The van der Waals surface area contributed by atoms with Crippen molar-refractivity contribution in [2.75, 3.05) is 13.2 Å². The van der Waals surface area contributed by atoms with Gasteiger partial charge in [-0.15, -0.1) is 0 Å². The number of hydrogen-bond acceptors (Lipinski definition) is 2. The molecule has 1 aliphatic heterocycles. The predicted molar refractivity (Wildman–Crippen MR) is 79.7 cm³/mol. The summed E-state index contributed by atoms with van der Waals surface area (Å²) in [5, 5.41) is 0.616. The lowest BCUT2D eigenvalue weighted by Gasteiger charge is -2.38. The van der Waals surface area contributed by atoms with Crippen molar-refractivity contribution in [2.45, 2.75) is 32.4 Å². The van der Waals surface area contributed by atoms with Crippen molar-refractivity contribution >= 4 is 33.4 Å². The highest BCUT2D eigenvalue weighted by atomic mass is 79.9. The van der Waals surface area contributed by atoms with Gasteiger partial charge in [0, 0.05) is 16.0 Å². The summed E-state index contributed by atoms with van der Waals surface area (Å²) in [4.78, 5) is 14.5. The van der Waals surface area contributed by atoms with Gasteiger partial charge in [0.25, 0.3) is 5.91 Å². The standard InChI is InChI=1S/C14H17BrClNO2/c1-3-11-8-19-9(2)7-17(11)14(18)12-5-4-10(16)6-13(12)15/h4-6,9,11H,3,7-8H2,1-2H3. The van der Waals surface area contributed by atoms with Crippen molar-refractivity contribution in [1.29, 1.82) is 0 Å². The van der Waals surface area contributed by atoms with Crippen LogP contribution in [0, 0.1) is 0 Å². The van der Waals surface area contributed by atoms with E-state index < -0.39 is 0 Å². The maximum absolute atomic E-state index is 12.6. The highest BCUT2D eigenvalue weighted by molar-refractivity contribution is 9.10. The van der Waals surface area contributed by atoms with E-state index in [0.717, 1.165) is 10.9 Å². The second-order valence-corrected chi connectivity index (χ2v) is 6.08. The summed E-state index contributed by atoms with van der Waals surface area (Å²) in [6, 6.07) is 5.40. The topological polar surface area (TPSA) is 29.5 Å². The molecule has 1 fully saturated rings. The van der Waals surface area contributed by atoms with Crippen LogP contribution in [-0.2, 0) is 4.74 Å². The molecule has 1 aromatic rings. The molecule has 2 atom stereocenters. The van der Waals surface area contributed by atoms with E-state index >= 15 is 0 Å². The van der Waals surface area contributed by atoms with Gasteiger partial charge in [0.1, 0.15) is 0 Å². The molecule has 104 valence electrons. The fourth-order valence-electron chi connectivity index (χ4n) is 2.25. The van der Waals surface area contributed by atoms with Crippen LogP contribution in [0.25, 0.3) is 0 Å². The van der Waals surface area contributed by atoms with Gasteiger partial charge in [0.05, 0.1) is 24.3 Å². The minimum absolute atomic E-state index is 0.0329. The summed E-state index contributed by atoms with van der Waals surface area (Å²) < 4.78 is 6.36. The van der Waals surface area contributed by atoms with Crippen molar-refractivity contribution in [3.8, 4) is 0 Å². The van der Waals surface area contributed by atoms with Gasteiger partial charge in [-0.05, 0) is 47.5 Å². The molecule has 0 aromatic heterocycles. The maximum Gasteiger partial charge on any atom is 0.255 e. The molecule has 1 heterocycles. The van der Waals surface area contributed by atoms with Crippen LogP contribution in [0.3, 0.4) is 0 Å². The van der Waals surface area contributed by atoms with E-state index in [4.69, 9.17) is 16.3 Å². The average molecular weight is 347 g/mol. The molecule has 19 heavy (non-hydrogen) atoms. The molecular formula is C14H17BrClNO2. The van der Waals surface area contributed by atoms with Crippen molar-refractivity contribution in [1.82, 2.24) is 4.90 Å². The Bertz CT molecular complexity index is 481. The normalized spacial score (nSPS) is 23.5. The van der Waals surface area contributed by atoms with Gasteiger partial charge in [-0.3, -0.25) is 4.79 Å². The first-order valence-electron chi connectivity index (χ1n) is 6.40. The first-order chi connectivity index (χ1) is 9.02. The third kappa shape index (κ3) is 3.30. The molecule has 0 radical (unpaired) electrons. The van der Waals surface area contributed by atoms with E-state index in [9.17, 15) is 4.79 Å². The number of halogens is 2. The zero-order chi connectivity index (χ0) is 14.0. The second kappa shape index (κ2) is 6.25. The van der Waals surface area contributed by atoms with Crippen LogP contribution >= 0.6 is 27.5 Å². The number of benzene rings is 1. The molecule has 2 unspecified atom stereocenters. The van der Waals surface area contributed by atoms with Crippen molar-refractivity contribution in [3.05, 3.63) is 33.3 Å². The number of ether oxygens (including phenoxy) is 1. The van der Waals surface area contributed by atoms with Crippen LogP contribution in [0.5, 0.6) is 0 Å². The Morgan fingerprint density at radius 2 is 2.32 bits per heavy atom. The number of morpholine rings is 1. The molecule has 1 saturated heterocycles. The van der Waals surface area contributed by atoms with Crippen LogP contribution in [0.15, 0.2) is 22.7 Å². The summed E-state index contributed by atoms with van der Waals surface area (Å²) in [5.41, 5.74) is 0.650. The van der Waals surface area contributed by atoms with Gasteiger partial charge >= 0.3 is 0 Å². The van der Waals surface area contributed by atoms with E-state index in [2.05, 4.69) is 22.9 Å². The highest BCUT2D eigenvalue weighted by Gasteiger charge is 2.30. The number of amides is 1. The first kappa shape index (κ1) is 14.8. The van der Waals surface area contributed by atoms with Crippen LogP contribution in [0.2, 0.25) is 5.02 Å². The number of carbonyl (C=O) groups excluding carboxylic acids is 1. The Balaban J connectivity index is 2.25. The minimum Gasteiger partial charge on any atom is -0.375 e. The molecule has 0 N–H and O–H groups in total. The Hall–Kier alpha value is -0.580. The Labute approximate surface area is 127 Å². The van der Waals surface area contributed by atoms with Gasteiger partial charge in [-0.1, -0.05) is 18.5 Å². The van der Waals surface area contributed by atoms with Gasteiger partial charge in [0.15, 0.2) is 0 Å². The van der Waals surface area contributed by atoms with E-state index in [1.54, 1.807) is 18.2 Å². The highest BCUT2D eigenvalue weighted by Crippen LogP contribution is 2.25. The molecule has 1 aromatic carbocycles. The van der Waals surface area contributed by atoms with Crippen LogP contribution in [0.4, 0.5) is 0 Å². The lowest BCUT2D eigenvalue weighted by atomic mass is 10.1. The largest absolute Gasteiger partial charge is 0.375 e. The molecule has 0 saturated carbocycles. The molecular weight excluding hydrogens is 330 g/mol. The zero-order valence-corrected chi connectivity index (χ0v) is 13.4. The Morgan fingerprint density at radius 1 is 1.58 bits per heavy atom. The lowest BCUT2D eigenvalue weighted by Crippen LogP contribution is -2.51. The summed E-state index contributed by atoms with van der Waals surface area (Å²) in [6.07, 6.45) is 0.974. The molecule has 5 heteroatoms. The molecule has 3 nitrogen and oxygen atoms in total. The average Bonchev–Trinajstić information content (AvgIpc) is 2.38. The maximum atomic E-state index is 12.6. The van der Waals surface area contributed by atoms with Crippen LogP contribution in [-0.4, -0.2) is 36.1 Å². The number of carbonyl (C=O) groups is 1. The monoisotopic (exact) mass is 345 g/mol. The minimum atomic E-state index is 0.0329. The molecule has 0 aliphatic carbocycles. The van der Waals surface area contributed by atoms with Crippen LogP contribution < -0.4 is 0 Å². The smallest absolute Gasteiger partial charge is 0.255 e. The lowest BCUT2D eigenvalue weighted by molar-refractivity contribution is -0.0444. The number of rotatable bonds is 2. The van der Waals surface area contributed by atoms with Gasteiger partial charge in [-0.25, -0.2) is 0 Å². The van der Waals surface area contributed by atoms with Crippen molar-refractivity contribution < 1.29 is 9.53 Å². The Kier molecular flexibility index (Phi) is 4.87. The summed E-state index contributed by atoms with van der Waals surface area (Å²) in [6.45, 7) is 5.30. The first-order valence-corrected chi connectivity index (χ1v) is 7.57. The Morgan fingerprint density at radius 3 is 2.95 bits per heavy atom. The van der Waals surface area contributed by atoms with E-state index in [1.807, 2.05) is 11.8 Å². The molecule has 1 amide bonds. The number of hydrogen-bond donors (Lipinski definition) is 0. The fraction of sp³-hybridized carbons (Fsp3) is 0.500. The van der Waals surface area contributed by atoms with Gasteiger partial charge in [-0.2, -0.15) is 0 Å². The molecule has 0 bridgehead atoms. The van der Waals surface area contributed by atoms with E-state index in [1.165, 1.54) is 0 Å². The van der Waals surface area contributed by atoms with E-state index in [-0.39, 0.29) is 18.1 Å². The van der Waals surface area contributed by atoms with Gasteiger partial charge in [0.2, 0.25) is 0 Å². The SMILES string of the molecule is CCC1COC(C)CN1C(=O)c1ccc(Cl)cc1Br. The molecule has 0 spiro atoms.